The molecule has 0 fully saturated rings. The van der Waals surface area contributed by atoms with Crippen molar-refractivity contribution in [2.24, 2.45) is 0 Å². The molecule has 2 rings (SSSR count). The molecule has 0 spiro atoms. The van der Waals surface area contributed by atoms with Gasteiger partial charge >= 0.3 is 6.18 Å². The summed E-state index contributed by atoms with van der Waals surface area (Å²) in [5.41, 5.74) is 0.891. The van der Waals surface area contributed by atoms with Gasteiger partial charge in [-0.15, -0.1) is 0 Å². The number of Topliss-reactive ketones (excluding diaryl/α,β-unsaturated/α-hetero) is 1. The van der Waals surface area contributed by atoms with Crippen molar-refractivity contribution in [2.45, 2.75) is 57.5 Å². The minimum absolute atomic E-state index is 0.0332. The number of rotatable bonds is 10. The van der Waals surface area contributed by atoms with Crippen LogP contribution in [0.1, 0.15) is 72.1 Å². The van der Waals surface area contributed by atoms with Crippen molar-refractivity contribution in [3.63, 3.8) is 0 Å². The molecule has 0 radical (unpaired) electrons. The summed E-state index contributed by atoms with van der Waals surface area (Å²) in [5, 5.41) is 0. The maximum Gasteiger partial charge on any atom is 0.395 e. The van der Waals surface area contributed by atoms with Crippen molar-refractivity contribution in [3.8, 4) is 0 Å². The molecule has 0 aromatic heterocycles. The summed E-state index contributed by atoms with van der Waals surface area (Å²) in [6.45, 7) is 0.371. The third kappa shape index (κ3) is 5.68. The zero-order chi connectivity index (χ0) is 19.2. The van der Waals surface area contributed by atoms with E-state index >= 15 is 0 Å². The van der Waals surface area contributed by atoms with Gasteiger partial charge in [0.1, 0.15) is 12.2 Å². The van der Waals surface area contributed by atoms with Crippen LogP contribution in [-0.2, 0) is 4.79 Å². The van der Waals surface area contributed by atoms with E-state index in [1.165, 1.54) is 4.90 Å². The molecule has 0 aliphatic carbocycles. The second-order valence-corrected chi connectivity index (χ2v) is 6.51. The Morgan fingerprint density at radius 2 is 1.35 bits per heavy atom. The van der Waals surface area contributed by atoms with Gasteiger partial charge in [0.25, 0.3) is 11.8 Å². The summed E-state index contributed by atoms with van der Waals surface area (Å²) >= 11 is 0. The van der Waals surface area contributed by atoms with Gasteiger partial charge in [-0.25, -0.2) is 0 Å². The molecule has 2 amide bonds. The average Bonchev–Trinajstić information content (AvgIpc) is 2.80. The molecule has 0 saturated heterocycles. The smallest absolute Gasteiger partial charge is 0.299 e. The van der Waals surface area contributed by atoms with Crippen LogP contribution in [0.2, 0.25) is 0 Å². The van der Waals surface area contributed by atoms with Gasteiger partial charge < -0.3 is 0 Å². The molecule has 1 aromatic rings. The highest BCUT2D eigenvalue weighted by atomic mass is 19.4. The van der Waals surface area contributed by atoms with E-state index in [0.717, 1.165) is 19.3 Å². The van der Waals surface area contributed by atoms with Gasteiger partial charge in [-0.1, -0.05) is 37.8 Å². The number of hydrogen-bond acceptors (Lipinski definition) is 3. The number of nitrogens with zero attached hydrogens (tertiary/aromatic N) is 1. The summed E-state index contributed by atoms with van der Waals surface area (Å²) in [6, 6.07) is 6.76. The molecule has 0 N–H and O–H groups in total. The van der Waals surface area contributed by atoms with E-state index in [9.17, 15) is 27.6 Å². The maximum absolute atomic E-state index is 12.2. The van der Waals surface area contributed by atoms with E-state index in [2.05, 4.69) is 0 Å². The molecule has 0 atom stereocenters. The summed E-state index contributed by atoms with van der Waals surface area (Å²) in [7, 11) is 0. The van der Waals surface area contributed by atoms with E-state index < -0.39 is 18.4 Å². The van der Waals surface area contributed by atoms with Gasteiger partial charge in [-0.3, -0.25) is 19.3 Å². The summed E-state index contributed by atoms with van der Waals surface area (Å²) < 4.78 is 36.1. The Morgan fingerprint density at radius 1 is 0.846 bits per heavy atom. The molecule has 4 nitrogen and oxygen atoms in total. The van der Waals surface area contributed by atoms with Gasteiger partial charge in [-0.05, 0) is 25.0 Å². The van der Waals surface area contributed by atoms with Crippen molar-refractivity contribution in [1.82, 2.24) is 4.90 Å². The maximum atomic E-state index is 12.2. The number of carbonyl (C=O) groups excluding carboxylic acids is 3. The van der Waals surface area contributed by atoms with Gasteiger partial charge in [-0.2, -0.15) is 13.2 Å². The van der Waals surface area contributed by atoms with Crippen molar-refractivity contribution < 1.29 is 27.6 Å². The topological polar surface area (TPSA) is 54.5 Å². The number of amides is 2. The predicted octanol–water partition coefficient (Wildman–Crippen LogP) is 4.53. The van der Waals surface area contributed by atoms with E-state index in [0.29, 0.717) is 36.9 Å². The lowest BCUT2D eigenvalue weighted by Crippen LogP contribution is -2.30. The average molecular weight is 369 g/mol. The second-order valence-electron chi connectivity index (χ2n) is 6.51. The van der Waals surface area contributed by atoms with Crippen LogP contribution in [0.5, 0.6) is 0 Å². The first-order valence-corrected chi connectivity index (χ1v) is 8.83. The quantitative estimate of drug-likeness (QED) is 0.450. The Bertz CT molecular complexity index is 635. The summed E-state index contributed by atoms with van der Waals surface area (Å²) in [5.74, 6) is -1.27. The molecule has 142 valence electrons. The third-order valence-corrected chi connectivity index (χ3v) is 4.36. The van der Waals surface area contributed by atoms with Crippen LogP contribution in [0.3, 0.4) is 0 Å². The molecule has 0 unspecified atom stereocenters. The largest absolute Gasteiger partial charge is 0.395 e. The molecular weight excluding hydrogens is 347 g/mol. The fourth-order valence-electron chi connectivity index (χ4n) is 3.05. The van der Waals surface area contributed by atoms with Crippen LogP contribution < -0.4 is 0 Å². The predicted molar refractivity (Wildman–Crippen MR) is 89.8 cm³/mol. The van der Waals surface area contributed by atoms with Crippen LogP contribution in [0.4, 0.5) is 13.2 Å². The summed E-state index contributed by atoms with van der Waals surface area (Å²) in [4.78, 5) is 36.7. The Labute approximate surface area is 150 Å². The Hall–Kier alpha value is -2.18. The minimum Gasteiger partial charge on any atom is -0.299 e. The standard InChI is InChI=1S/C19H22F3NO3/c20-19(21,22)13-14(24)9-5-3-1-2-4-8-12-23-17(25)15-10-6-7-11-16(15)18(23)26/h6-7,10-11H,1-5,8-9,12-13H2. The van der Waals surface area contributed by atoms with Crippen molar-refractivity contribution in [3.05, 3.63) is 35.4 Å². The zero-order valence-electron chi connectivity index (χ0n) is 14.5. The van der Waals surface area contributed by atoms with Crippen molar-refractivity contribution in [1.29, 1.82) is 0 Å². The lowest BCUT2D eigenvalue weighted by atomic mass is 10.1. The number of alkyl halides is 3. The third-order valence-electron chi connectivity index (χ3n) is 4.36. The highest BCUT2D eigenvalue weighted by Crippen LogP contribution is 2.23. The SMILES string of the molecule is O=C(CCCCCCCCN1C(=O)c2ccccc2C1=O)CC(F)(F)F. The number of hydrogen-bond donors (Lipinski definition) is 0. The number of imide groups is 1. The van der Waals surface area contributed by atoms with E-state index in [-0.39, 0.29) is 18.2 Å². The molecule has 1 aliphatic rings. The lowest BCUT2D eigenvalue weighted by Gasteiger charge is -2.13. The number of ketones is 1. The van der Waals surface area contributed by atoms with Gasteiger partial charge in [0.05, 0.1) is 11.1 Å². The first-order chi connectivity index (χ1) is 12.3. The highest BCUT2D eigenvalue weighted by molar-refractivity contribution is 6.21. The molecule has 0 saturated carbocycles. The lowest BCUT2D eigenvalue weighted by molar-refractivity contribution is -0.152. The fraction of sp³-hybridized carbons (Fsp3) is 0.526. The van der Waals surface area contributed by atoms with Crippen LogP contribution >= 0.6 is 0 Å². The highest BCUT2D eigenvalue weighted by Gasteiger charge is 2.34. The molecule has 1 aliphatic heterocycles. The van der Waals surface area contributed by atoms with Gasteiger partial charge in [0.2, 0.25) is 0 Å². The normalized spacial score (nSPS) is 14.0. The number of fused-ring (bicyclic) bond motifs is 1. The summed E-state index contributed by atoms with van der Waals surface area (Å²) in [6.07, 6.45) is -1.42. The monoisotopic (exact) mass is 369 g/mol. The van der Waals surface area contributed by atoms with E-state index in [1.54, 1.807) is 24.3 Å². The molecule has 0 bridgehead atoms. The van der Waals surface area contributed by atoms with Crippen LogP contribution in [0.25, 0.3) is 0 Å². The Morgan fingerprint density at radius 3 is 1.88 bits per heavy atom. The second kappa shape index (κ2) is 8.96. The molecule has 1 heterocycles. The van der Waals surface area contributed by atoms with Crippen LogP contribution in [0.15, 0.2) is 24.3 Å². The number of unbranched alkanes of at least 4 members (excludes halogenated alkanes) is 5. The van der Waals surface area contributed by atoms with Crippen LogP contribution in [-0.4, -0.2) is 35.2 Å². The van der Waals surface area contributed by atoms with Crippen molar-refractivity contribution >= 4 is 17.6 Å². The first kappa shape index (κ1) is 20.1. The fourth-order valence-corrected chi connectivity index (χ4v) is 3.05. The molecule has 7 heteroatoms. The van der Waals surface area contributed by atoms with Gasteiger partial charge in [0, 0.05) is 13.0 Å². The van der Waals surface area contributed by atoms with Crippen LogP contribution in [0, 0.1) is 0 Å². The molecule has 1 aromatic carbocycles. The first-order valence-electron chi connectivity index (χ1n) is 8.83. The molecule has 26 heavy (non-hydrogen) atoms. The number of carbonyl (C=O) groups is 3. The molecular formula is C19H22F3NO3. The van der Waals surface area contributed by atoms with E-state index in [4.69, 9.17) is 0 Å². The van der Waals surface area contributed by atoms with Crippen molar-refractivity contribution in [2.75, 3.05) is 6.54 Å². The number of halogens is 3. The van der Waals surface area contributed by atoms with E-state index in [1.807, 2.05) is 0 Å². The minimum atomic E-state index is -4.42. The Kier molecular flexibility index (Phi) is 6.94. The zero-order valence-corrected chi connectivity index (χ0v) is 14.5. The van der Waals surface area contributed by atoms with Gasteiger partial charge in [0.15, 0.2) is 0 Å². The Balaban J connectivity index is 1.56. The number of benzene rings is 1.